The fourth-order valence-corrected chi connectivity index (χ4v) is 3.50. The van der Waals surface area contributed by atoms with E-state index in [1.54, 1.807) is 61.1 Å². The molecule has 2 N–H and O–H groups in total. The number of nitrogens with one attached hydrogen (secondary N) is 2. The predicted molar refractivity (Wildman–Crippen MR) is 124 cm³/mol. The van der Waals surface area contributed by atoms with Crippen LogP contribution in [0.25, 0.3) is 5.52 Å². The van der Waals surface area contributed by atoms with Gasteiger partial charge in [0.15, 0.2) is 5.82 Å². The summed E-state index contributed by atoms with van der Waals surface area (Å²) in [4.78, 5) is 29.3. The lowest BCUT2D eigenvalue weighted by Gasteiger charge is -2.13. The quantitative estimate of drug-likeness (QED) is 0.430. The van der Waals surface area contributed by atoms with Gasteiger partial charge in [-0.1, -0.05) is 12.1 Å². The molecule has 168 valence electrons. The number of hydrogen-bond donors (Lipinski definition) is 2. The highest BCUT2D eigenvalue weighted by atomic mass is 16.5. The molecule has 4 aromatic rings. The third-order valence-corrected chi connectivity index (χ3v) is 5.31. The van der Waals surface area contributed by atoms with Crippen LogP contribution in [0.5, 0.6) is 5.75 Å². The van der Waals surface area contributed by atoms with Gasteiger partial charge in [0.05, 0.1) is 19.8 Å². The van der Waals surface area contributed by atoms with E-state index in [0.29, 0.717) is 45.1 Å². The second kappa shape index (κ2) is 8.99. The van der Waals surface area contributed by atoms with Crippen molar-refractivity contribution in [2.24, 2.45) is 0 Å². The molecule has 9 heteroatoms. The second-order valence-electron chi connectivity index (χ2n) is 7.40. The van der Waals surface area contributed by atoms with E-state index >= 15 is 0 Å². The minimum absolute atomic E-state index is 0.258. The number of hydrogen-bond acceptors (Lipinski definition) is 7. The predicted octanol–water partition coefficient (Wildman–Crippen LogP) is 4.14. The van der Waals surface area contributed by atoms with Gasteiger partial charge in [-0.15, -0.1) is 0 Å². The summed E-state index contributed by atoms with van der Waals surface area (Å²) in [5.74, 6) is 0.453. The number of fused-ring (bicyclic) bond motifs is 1. The zero-order valence-electron chi connectivity index (χ0n) is 18.7. The van der Waals surface area contributed by atoms with Crippen LogP contribution in [0.3, 0.4) is 0 Å². The first kappa shape index (κ1) is 21.8. The van der Waals surface area contributed by atoms with E-state index in [1.807, 2.05) is 13.0 Å². The van der Waals surface area contributed by atoms with Crippen molar-refractivity contribution >= 4 is 34.6 Å². The van der Waals surface area contributed by atoms with Gasteiger partial charge in [0.2, 0.25) is 0 Å². The number of benzene rings is 2. The fourth-order valence-electron chi connectivity index (χ4n) is 3.50. The zero-order chi connectivity index (χ0) is 23.5. The lowest BCUT2D eigenvalue weighted by Crippen LogP contribution is -2.12. The van der Waals surface area contributed by atoms with Crippen LogP contribution in [0.1, 0.15) is 31.8 Å². The Morgan fingerprint density at radius 2 is 1.88 bits per heavy atom. The van der Waals surface area contributed by atoms with E-state index in [-0.39, 0.29) is 5.91 Å². The molecule has 1 amide bonds. The van der Waals surface area contributed by atoms with E-state index in [9.17, 15) is 9.59 Å². The summed E-state index contributed by atoms with van der Waals surface area (Å²) in [6, 6.07) is 12.5. The molecule has 0 unspecified atom stereocenters. The number of aromatic nitrogens is 3. The minimum atomic E-state index is -0.448. The molecule has 2 aromatic heterocycles. The van der Waals surface area contributed by atoms with E-state index < -0.39 is 5.97 Å². The molecule has 0 spiro atoms. The monoisotopic (exact) mass is 445 g/mol. The van der Waals surface area contributed by atoms with Gasteiger partial charge in [-0.25, -0.2) is 14.3 Å². The number of aryl methyl sites for hydroxylation is 2. The summed E-state index contributed by atoms with van der Waals surface area (Å²) >= 11 is 0. The second-order valence-corrected chi connectivity index (χ2v) is 7.40. The van der Waals surface area contributed by atoms with Gasteiger partial charge in [0.25, 0.3) is 5.91 Å². The number of carbonyl (C=O) groups excluding carboxylic acids is 2. The van der Waals surface area contributed by atoms with Crippen LogP contribution >= 0.6 is 0 Å². The van der Waals surface area contributed by atoms with E-state index in [2.05, 4.69) is 20.7 Å². The Bertz CT molecular complexity index is 1360. The normalized spacial score (nSPS) is 10.7. The molecule has 0 radical (unpaired) electrons. The highest BCUT2D eigenvalue weighted by Gasteiger charge is 2.19. The molecule has 0 aliphatic rings. The van der Waals surface area contributed by atoms with Crippen LogP contribution in [-0.4, -0.2) is 40.7 Å². The van der Waals surface area contributed by atoms with Crippen LogP contribution in [0, 0.1) is 13.8 Å². The Kier molecular flexibility index (Phi) is 5.95. The highest BCUT2D eigenvalue weighted by Crippen LogP contribution is 2.28. The van der Waals surface area contributed by atoms with Crippen molar-refractivity contribution in [3.63, 3.8) is 0 Å². The zero-order valence-corrected chi connectivity index (χ0v) is 18.7. The maximum atomic E-state index is 12.8. The van der Waals surface area contributed by atoms with E-state index in [0.717, 1.165) is 5.56 Å². The molecule has 0 aliphatic heterocycles. The van der Waals surface area contributed by atoms with Gasteiger partial charge in [-0.2, -0.15) is 5.10 Å². The van der Waals surface area contributed by atoms with Crippen molar-refractivity contribution in [2.75, 3.05) is 24.9 Å². The smallest absolute Gasteiger partial charge is 0.339 e. The van der Waals surface area contributed by atoms with Gasteiger partial charge in [-0.05, 0) is 49.2 Å². The standard InChI is InChI=1S/C24H23N5O4/c1-14-8-9-16(23(30)27-17-6-5-7-18(11-17)32-3)10-20(14)28-22-21-15(2)19(24(31)33-4)12-29(21)26-13-25-22/h5-13H,1-4H3,(H,27,30)(H,25,26,28). The summed E-state index contributed by atoms with van der Waals surface area (Å²) in [6.45, 7) is 3.73. The number of nitrogens with zero attached hydrogens (tertiary/aromatic N) is 3. The first-order valence-electron chi connectivity index (χ1n) is 10.2. The van der Waals surface area contributed by atoms with Crippen LogP contribution in [0.2, 0.25) is 0 Å². The van der Waals surface area contributed by atoms with Crippen molar-refractivity contribution < 1.29 is 19.1 Å². The molecule has 0 saturated heterocycles. The summed E-state index contributed by atoms with van der Waals surface area (Å²) in [5, 5.41) is 10.4. The number of amides is 1. The summed E-state index contributed by atoms with van der Waals surface area (Å²) in [7, 11) is 2.91. The Morgan fingerprint density at radius 3 is 2.64 bits per heavy atom. The first-order valence-corrected chi connectivity index (χ1v) is 10.2. The molecule has 0 aliphatic carbocycles. The molecule has 33 heavy (non-hydrogen) atoms. The Balaban J connectivity index is 1.65. The van der Waals surface area contributed by atoms with Crippen LogP contribution in [-0.2, 0) is 4.74 Å². The third-order valence-electron chi connectivity index (χ3n) is 5.31. The molecule has 9 nitrogen and oxygen atoms in total. The van der Waals surface area contributed by atoms with Crippen molar-refractivity contribution in [3.05, 3.63) is 77.2 Å². The van der Waals surface area contributed by atoms with Crippen molar-refractivity contribution in [3.8, 4) is 5.75 Å². The van der Waals surface area contributed by atoms with E-state index in [1.165, 1.54) is 13.4 Å². The van der Waals surface area contributed by atoms with Gasteiger partial charge in [-0.3, -0.25) is 4.79 Å². The Morgan fingerprint density at radius 1 is 1.06 bits per heavy atom. The number of carbonyl (C=O) groups is 2. The van der Waals surface area contributed by atoms with Crippen molar-refractivity contribution in [1.82, 2.24) is 14.6 Å². The van der Waals surface area contributed by atoms with Gasteiger partial charge in [0, 0.05) is 29.2 Å². The molecule has 0 bridgehead atoms. The third kappa shape index (κ3) is 4.33. The molecular weight excluding hydrogens is 422 g/mol. The average molecular weight is 445 g/mol. The van der Waals surface area contributed by atoms with E-state index in [4.69, 9.17) is 9.47 Å². The maximum Gasteiger partial charge on any atom is 0.339 e. The van der Waals surface area contributed by atoms with Gasteiger partial charge < -0.3 is 20.1 Å². The number of esters is 1. The summed E-state index contributed by atoms with van der Waals surface area (Å²) in [6.07, 6.45) is 3.00. The number of ether oxygens (including phenoxy) is 2. The molecule has 0 saturated carbocycles. The fraction of sp³-hybridized carbons (Fsp3) is 0.167. The van der Waals surface area contributed by atoms with Crippen molar-refractivity contribution in [1.29, 1.82) is 0 Å². The van der Waals surface area contributed by atoms with Crippen molar-refractivity contribution in [2.45, 2.75) is 13.8 Å². The molecule has 0 fully saturated rings. The lowest BCUT2D eigenvalue weighted by molar-refractivity contribution is 0.0600. The molecule has 2 heterocycles. The summed E-state index contributed by atoms with van der Waals surface area (Å²) < 4.78 is 11.6. The molecule has 4 rings (SSSR count). The minimum Gasteiger partial charge on any atom is -0.497 e. The van der Waals surface area contributed by atoms with Gasteiger partial charge >= 0.3 is 5.97 Å². The average Bonchev–Trinajstić information content (AvgIpc) is 3.17. The SMILES string of the molecule is COC(=O)c1cn2ncnc(Nc3cc(C(=O)Nc4cccc(OC)c4)ccc3C)c2c1C. The van der Waals surface area contributed by atoms with Crippen LogP contribution in [0.15, 0.2) is 55.0 Å². The summed E-state index contributed by atoms with van der Waals surface area (Å²) in [5.41, 5.74) is 4.46. The lowest BCUT2D eigenvalue weighted by atomic mass is 10.1. The first-order chi connectivity index (χ1) is 15.9. The molecular formula is C24H23N5O4. The Hall–Kier alpha value is -4.40. The molecule has 0 atom stereocenters. The molecule has 2 aromatic carbocycles. The van der Waals surface area contributed by atoms with Crippen LogP contribution in [0.4, 0.5) is 17.2 Å². The van der Waals surface area contributed by atoms with Gasteiger partial charge in [0.1, 0.15) is 17.6 Å². The number of rotatable bonds is 6. The number of anilines is 3. The maximum absolute atomic E-state index is 12.8. The number of methoxy groups -OCH3 is 2. The Labute approximate surface area is 190 Å². The topological polar surface area (TPSA) is 107 Å². The highest BCUT2D eigenvalue weighted by molar-refractivity contribution is 6.05. The largest absolute Gasteiger partial charge is 0.497 e. The van der Waals surface area contributed by atoms with Crippen LogP contribution < -0.4 is 15.4 Å².